The third-order valence-electron chi connectivity index (χ3n) is 2.27. The maximum atomic E-state index is 5.74. The minimum Gasteiger partial charge on any atom is -0.399 e. The maximum Gasteiger partial charge on any atom is 0.0648 e. The first-order chi connectivity index (χ1) is 7.38. The fourth-order valence-corrected chi connectivity index (χ4v) is 1.38. The molecule has 3 heteroatoms. The van der Waals surface area contributed by atoms with Crippen LogP contribution in [0.1, 0.15) is 20.8 Å². The van der Waals surface area contributed by atoms with Crippen molar-refractivity contribution in [2.24, 2.45) is 0 Å². The van der Waals surface area contributed by atoms with Gasteiger partial charge in [-0.05, 0) is 39.0 Å². The number of ether oxygens (including phenoxy) is 1. The van der Waals surface area contributed by atoms with Gasteiger partial charge in [0.1, 0.15) is 0 Å². The number of hydrogen-bond acceptors (Lipinski definition) is 3. The summed E-state index contributed by atoms with van der Waals surface area (Å²) in [5.74, 6) is 0. The molecule has 0 aliphatic carbocycles. The summed E-state index contributed by atoms with van der Waals surface area (Å²) in [7, 11) is 2.04. The van der Waals surface area contributed by atoms with E-state index < -0.39 is 0 Å². The Morgan fingerprint density at radius 2 is 2.00 bits per heavy atom. The largest absolute Gasteiger partial charge is 0.399 e. The molecule has 0 unspecified atom stereocenters. The van der Waals surface area contributed by atoms with Gasteiger partial charge in [0.2, 0.25) is 0 Å². The van der Waals surface area contributed by atoms with Crippen LogP contribution in [-0.4, -0.2) is 25.8 Å². The van der Waals surface area contributed by atoms with Gasteiger partial charge in [-0.1, -0.05) is 6.07 Å². The van der Waals surface area contributed by atoms with E-state index in [4.69, 9.17) is 10.5 Å². The Morgan fingerprint density at radius 3 is 2.56 bits per heavy atom. The van der Waals surface area contributed by atoms with Crippen LogP contribution < -0.4 is 10.6 Å². The van der Waals surface area contributed by atoms with Gasteiger partial charge in [0.05, 0.1) is 12.2 Å². The molecule has 1 rings (SSSR count). The predicted octanol–water partition coefficient (Wildman–Crippen LogP) is 2.52. The second-order valence-electron chi connectivity index (χ2n) is 4.98. The summed E-state index contributed by atoms with van der Waals surface area (Å²) in [6.07, 6.45) is 0. The molecule has 0 aliphatic rings. The highest BCUT2D eigenvalue weighted by Gasteiger charge is 2.10. The van der Waals surface area contributed by atoms with E-state index in [-0.39, 0.29) is 5.60 Å². The molecule has 1 aromatic rings. The van der Waals surface area contributed by atoms with Crippen LogP contribution in [0.4, 0.5) is 11.4 Å². The maximum absolute atomic E-state index is 5.74. The third-order valence-corrected chi connectivity index (χ3v) is 2.27. The molecule has 16 heavy (non-hydrogen) atoms. The molecule has 0 radical (unpaired) electrons. The molecule has 0 aliphatic heterocycles. The average Bonchev–Trinajstić information content (AvgIpc) is 2.15. The predicted molar refractivity (Wildman–Crippen MR) is 69.8 cm³/mol. The Bertz CT molecular complexity index is 331. The molecule has 0 heterocycles. The molecular formula is C13H22N2O. The van der Waals surface area contributed by atoms with Gasteiger partial charge in [-0.25, -0.2) is 0 Å². The standard InChI is InChI=1S/C13H22N2O/c1-13(2,3)16-9-8-15(4)12-7-5-6-11(14)10-12/h5-7,10H,8-9,14H2,1-4H3. The fraction of sp³-hybridized carbons (Fsp3) is 0.538. The lowest BCUT2D eigenvalue weighted by molar-refractivity contribution is 0.00168. The quantitative estimate of drug-likeness (QED) is 0.796. The first-order valence-electron chi connectivity index (χ1n) is 5.59. The van der Waals surface area contributed by atoms with Crippen molar-refractivity contribution < 1.29 is 4.74 Å². The number of rotatable bonds is 4. The van der Waals surface area contributed by atoms with Crippen molar-refractivity contribution in [3.63, 3.8) is 0 Å². The van der Waals surface area contributed by atoms with E-state index in [1.54, 1.807) is 0 Å². The zero-order valence-electron chi connectivity index (χ0n) is 10.7. The van der Waals surface area contributed by atoms with Crippen molar-refractivity contribution in [3.05, 3.63) is 24.3 Å². The molecular weight excluding hydrogens is 200 g/mol. The van der Waals surface area contributed by atoms with Crippen LogP contribution >= 0.6 is 0 Å². The molecule has 3 nitrogen and oxygen atoms in total. The molecule has 2 N–H and O–H groups in total. The lowest BCUT2D eigenvalue weighted by atomic mass is 10.2. The van der Waals surface area contributed by atoms with Crippen LogP contribution in [0.25, 0.3) is 0 Å². The summed E-state index contributed by atoms with van der Waals surface area (Å²) in [6.45, 7) is 7.77. The summed E-state index contributed by atoms with van der Waals surface area (Å²) < 4.78 is 5.68. The highest BCUT2D eigenvalue weighted by Crippen LogP contribution is 2.16. The van der Waals surface area contributed by atoms with Crippen molar-refractivity contribution in [1.82, 2.24) is 0 Å². The van der Waals surface area contributed by atoms with E-state index in [1.807, 2.05) is 31.3 Å². The Labute approximate surface area is 98.2 Å². The summed E-state index contributed by atoms with van der Waals surface area (Å²) in [5.41, 5.74) is 7.58. The monoisotopic (exact) mass is 222 g/mol. The minimum absolute atomic E-state index is 0.0729. The first-order valence-corrected chi connectivity index (χ1v) is 5.59. The SMILES string of the molecule is CN(CCOC(C)(C)C)c1cccc(N)c1. The van der Waals surface area contributed by atoms with Gasteiger partial charge >= 0.3 is 0 Å². The Kier molecular flexibility index (Phi) is 4.19. The first kappa shape index (κ1) is 12.8. The van der Waals surface area contributed by atoms with Crippen molar-refractivity contribution in [3.8, 4) is 0 Å². The smallest absolute Gasteiger partial charge is 0.0648 e. The number of benzene rings is 1. The number of nitrogens with zero attached hydrogens (tertiary/aromatic N) is 1. The lowest BCUT2D eigenvalue weighted by Crippen LogP contribution is -2.28. The van der Waals surface area contributed by atoms with Gasteiger partial charge in [0, 0.05) is 25.0 Å². The van der Waals surface area contributed by atoms with E-state index >= 15 is 0 Å². The van der Waals surface area contributed by atoms with Gasteiger partial charge in [0.15, 0.2) is 0 Å². The van der Waals surface area contributed by atoms with Gasteiger partial charge < -0.3 is 15.4 Å². The zero-order valence-corrected chi connectivity index (χ0v) is 10.7. The molecule has 0 aromatic heterocycles. The normalized spacial score (nSPS) is 11.5. The van der Waals surface area contributed by atoms with E-state index in [9.17, 15) is 0 Å². The Hall–Kier alpha value is -1.22. The highest BCUT2D eigenvalue weighted by molar-refractivity contribution is 5.55. The van der Waals surface area contributed by atoms with Crippen molar-refractivity contribution in [2.75, 3.05) is 30.8 Å². The molecule has 0 fully saturated rings. The molecule has 0 saturated heterocycles. The third kappa shape index (κ3) is 4.53. The van der Waals surface area contributed by atoms with E-state index in [0.717, 1.165) is 24.5 Å². The van der Waals surface area contributed by atoms with Gasteiger partial charge in [-0.3, -0.25) is 0 Å². The van der Waals surface area contributed by atoms with Gasteiger partial charge in [0.25, 0.3) is 0 Å². The summed E-state index contributed by atoms with van der Waals surface area (Å²) in [5, 5.41) is 0. The van der Waals surface area contributed by atoms with Crippen molar-refractivity contribution in [2.45, 2.75) is 26.4 Å². The number of hydrogen-bond donors (Lipinski definition) is 1. The molecule has 0 atom stereocenters. The fourth-order valence-electron chi connectivity index (χ4n) is 1.38. The van der Waals surface area contributed by atoms with Crippen molar-refractivity contribution >= 4 is 11.4 Å². The topological polar surface area (TPSA) is 38.5 Å². The highest BCUT2D eigenvalue weighted by atomic mass is 16.5. The van der Waals surface area contributed by atoms with Crippen LogP contribution in [0.5, 0.6) is 0 Å². The van der Waals surface area contributed by atoms with E-state index in [1.165, 1.54) is 0 Å². The molecule has 0 amide bonds. The number of nitrogens with two attached hydrogens (primary N) is 1. The number of nitrogen functional groups attached to an aromatic ring is 1. The summed E-state index contributed by atoms with van der Waals surface area (Å²) in [4.78, 5) is 2.14. The second-order valence-corrected chi connectivity index (χ2v) is 4.98. The summed E-state index contributed by atoms with van der Waals surface area (Å²) in [6, 6.07) is 7.87. The van der Waals surface area contributed by atoms with Gasteiger partial charge in [-0.2, -0.15) is 0 Å². The summed E-state index contributed by atoms with van der Waals surface area (Å²) >= 11 is 0. The molecule has 90 valence electrons. The lowest BCUT2D eigenvalue weighted by Gasteiger charge is -2.24. The molecule has 0 saturated carbocycles. The Morgan fingerprint density at radius 1 is 1.31 bits per heavy atom. The van der Waals surface area contributed by atoms with Crippen LogP contribution in [0.3, 0.4) is 0 Å². The van der Waals surface area contributed by atoms with Crippen LogP contribution in [0.2, 0.25) is 0 Å². The number of likely N-dealkylation sites (N-methyl/N-ethyl adjacent to an activating group) is 1. The molecule has 0 bridgehead atoms. The average molecular weight is 222 g/mol. The molecule has 0 spiro atoms. The zero-order chi connectivity index (χ0) is 12.2. The molecule has 1 aromatic carbocycles. The van der Waals surface area contributed by atoms with E-state index in [0.29, 0.717) is 0 Å². The minimum atomic E-state index is -0.0729. The van der Waals surface area contributed by atoms with Crippen molar-refractivity contribution in [1.29, 1.82) is 0 Å². The number of anilines is 2. The van der Waals surface area contributed by atoms with Crippen LogP contribution in [0, 0.1) is 0 Å². The van der Waals surface area contributed by atoms with E-state index in [2.05, 4.69) is 25.7 Å². The Balaban J connectivity index is 2.44. The second kappa shape index (κ2) is 5.21. The van der Waals surface area contributed by atoms with Gasteiger partial charge in [-0.15, -0.1) is 0 Å². The van der Waals surface area contributed by atoms with Crippen LogP contribution in [-0.2, 0) is 4.74 Å². The van der Waals surface area contributed by atoms with Crippen LogP contribution in [0.15, 0.2) is 24.3 Å².